The zero-order chi connectivity index (χ0) is 12.1. The first-order valence-corrected chi connectivity index (χ1v) is 5.92. The summed E-state index contributed by atoms with van der Waals surface area (Å²) in [5.74, 6) is 0. The SMILES string of the molecule is NCCc1cccc(-c2ccc(CN)cc2)c1. The highest BCUT2D eigenvalue weighted by Gasteiger charge is 1.99. The van der Waals surface area contributed by atoms with Gasteiger partial charge in [0.2, 0.25) is 0 Å². The highest BCUT2D eigenvalue weighted by atomic mass is 14.5. The molecule has 0 saturated heterocycles. The van der Waals surface area contributed by atoms with E-state index in [0.717, 1.165) is 12.0 Å². The molecule has 0 aliphatic heterocycles. The zero-order valence-electron chi connectivity index (χ0n) is 9.89. The van der Waals surface area contributed by atoms with E-state index in [1.165, 1.54) is 16.7 Å². The number of nitrogens with two attached hydrogens (primary N) is 2. The van der Waals surface area contributed by atoms with Crippen LogP contribution in [0.4, 0.5) is 0 Å². The third kappa shape index (κ3) is 2.93. The van der Waals surface area contributed by atoms with Crippen LogP contribution in [0, 0.1) is 0 Å². The Hall–Kier alpha value is -1.64. The van der Waals surface area contributed by atoms with Gasteiger partial charge in [0.15, 0.2) is 0 Å². The summed E-state index contributed by atoms with van der Waals surface area (Å²) in [6.07, 6.45) is 0.925. The molecule has 88 valence electrons. The molecule has 2 nitrogen and oxygen atoms in total. The molecule has 2 aromatic rings. The first-order chi connectivity index (χ1) is 8.33. The van der Waals surface area contributed by atoms with Crippen LogP contribution in [0.15, 0.2) is 48.5 Å². The van der Waals surface area contributed by atoms with Crippen LogP contribution in [0.2, 0.25) is 0 Å². The molecule has 0 atom stereocenters. The third-order valence-electron chi connectivity index (χ3n) is 2.88. The van der Waals surface area contributed by atoms with Crippen molar-refractivity contribution in [1.29, 1.82) is 0 Å². The van der Waals surface area contributed by atoms with Crippen LogP contribution in [-0.4, -0.2) is 6.54 Å². The molecule has 2 aromatic carbocycles. The lowest BCUT2D eigenvalue weighted by Gasteiger charge is -2.05. The van der Waals surface area contributed by atoms with Gasteiger partial charge in [-0.1, -0.05) is 48.5 Å². The van der Waals surface area contributed by atoms with Crippen LogP contribution < -0.4 is 11.5 Å². The Bertz CT molecular complexity index is 475. The van der Waals surface area contributed by atoms with E-state index in [1.807, 2.05) is 0 Å². The second-order valence-electron chi connectivity index (χ2n) is 4.14. The van der Waals surface area contributed by atoms with E-state index < -0.39 is 0 Å². The summed E-state index contributed by atoms with van der Waals surface area (Å²) in [6.45, 7) is 1.28. The number of hydrogen-bond acceptors (Lipinski definition) is 2. The van der Waals surface area contributed by atoms with Crippen molar-refractivity contribution < 1.29 is 0 Å². The average Bonchev–Trinajstić information content (AvgIpc) is 2.40. The molecule has 0 saturated carbocycles. The third-order valence-corrected chi connectivity index (χ3v) is 2.88. The lowest BCUT2D eigenvalue weighted by molar-refractivity contribution is 0.969. The zero-order valence-corrected chi connectivity index (χ0v) is 9.89. The quantitative estimate of drug-likeness (QED) is 0.840. The van der Waals surface area contributed by atoms with Crippen LogP contribution >= 0.6 is 0 Å². The summed E-state index contributed by atoms with van der Waals surface area (Å²) in [4.78, 5) is 0. The molecule has 0 aliphatic rings. The first kappa shape index (κ1) is 11.8. The van der Waals surface area contributed by atoms with E-state index in [9.17, 15) is 0 Å². The fourth-order valence-electron chi connectivity index (χ4n) is 1.91. The van der Waals surface area contributed by atoms with Gasteiger partial charge >= 0.3 is 0 Å². The van der Waals surface area contributed by atoms with Gasteiger partial charge in [-0.25, -0.2) is 0 Å². The Kier molecular flexibility index (Phi) is 3.91. The van der Waals surface area contributed by atoms with Crippen molar-refractivity contribution in [3.8, 4) is 11.1 Å². The van der Waals surface area contributed by atoms with Gasteiger partial charge in [-0.3, -0.25) is 0 Å². The summed E-state index contributed by atoms with van der Waals surface area (Å²) in [6, 6.07) is 16.9. The topological polar surface area (TPSA) is 52.0 Å². The molecular weight excluding hydrogens is 208 g/mol. The Balaban J connectivity index is 2.28. The predicted octanol–water partition coefficient (Wildman–Crippen LogP) is 2.31. The lowest BCUT2D eigenvalue weighted by atomic mass is 10.0. The number of rotatable bonds is 4. The van der Waals surface area contributed by atoms with E-state index in [2.05, 4.69) is 48.5 Å². The molecule has 0 unspecified atom stereocenters. The highest BCUT2D eigenvalue weighted by molar-refractivity contribution is 5.64. The molecule has 2 heteroatoms. The molecule has 0 aromatic heterocycles. The fourth-order valence-corrected chi connectivity index (χ4v) is 1.91. The molecule has 17 heavy (non-hydrogen) atoms. The van der Waals surface area contributed by atoms with E-state index in [-0.39, 0.29) is 0 Å². The maximum atomic E-state index is 5.59. The van der Waals surface area contributed by atoms with Gasteiger partial charge in [0.25, 0.3) is 0 Å². The minimum Gasteiger partial charge on any atom is -0.330 e. The van der Waals surface area contributed by atoms with Crippen molar-refractivity contribution in [1.82, 2.24) is 0 Å². The normalized spacial score (nSPS) is 10.5. The predicted molar refractivity (Wildman–Crippen MR) is 72.5 cm³/mol. The fraction of sp³-hybridized carbons (Fsp3) is 0.200. The second-order valence-corrected chi connectivity index (χ2v) is 4.14. The van der Waals surface area contributed by atoms with Crippen molar-refractivity contribution in [3.05, 3.63) is 59.7 Å². The summed E-state index contributed by atoms with van der Waals surface area (Å²) in [7, 11) is 0. The maximum absolute atomic E-state index is 5.59. The molecule has 0 amide bonds. The molecule has 0 fully saturated rings. The Morgan fingerprint density at radius 1 is 0.765 bits per heavy atom. The van der Waals surface area contributed by atoms with Gasteiger partial charge in [0, 0.05) is 6.54 Å². The highest BCUT2D eigenvalue weighted by Crippen LogP contribution is 2.21. The van der Waals surface area contributed by atoms with Crippen LogP contribution in [0.3, 0.4) is 0 Å². The average molecular weight is 226 g/mol. The molecule has 0 aliphatic carbocycles. The summed E-state index contributed by atoms with van der Waals surface area (Å²) in [5.41, 5.74) is 16.1. The number of hydrogen-bond donors (Lipinski definition) is 2. The molecule has 2 rings (SSSR count). The van der Waals surface area contributed by atoms with Crippen molar-refractivity contribution in [2.75, 3.05) is 6.54 Å². The summed E-state index contributed by atoms with van der Waals surface area (Å²) in [5, 5.41) is 0. The van der Waals surface area contributed by atoms with E-state index in [0.29, 0.717) is 13.1 Å². The summed E-state index contributed by atoms with van der Waals surface area (Å²) < 4.78 is 0. The van der Waals surface area contributed by atoms with Crippen molar-refractivity contribution in [2.45, 2.75) is 13.0 Å². The first-order valence-electron chi connectivity index (χ1n) is 5.92. The molecule has 0 bridgehead atoms. The standard InChI is InChI=1S/C15H18N2/c16-9-8-12-2-1-3-15(10-12)14-6-4-13(11-17)5-7-14/h1-7,10H,8-9,11,16-17H2. The number of benzene rings is 2. The van der Waals surface area contributed by atoms with Gasteiger partial charge in [0.1, 0.15) is 0 Å². The largest absolute Gasteiger partial charge is 0.330 e. The van der Waals surface area contributed by atoms with Crippen LogP contribution in [0.5, 0.6) is 0 Å². The lowest BCUT2D eigenvalue weighted by Crippen LogP contribution is -2.02. The van der Waals surface area contributed by atoms with Crippen LogP contribution in [-0.2, 0) is 13.0 Å². The molecule has 0 heterocycles. The smallest absolute Gasteiger partial charge is 0.0178 e. The van der Waals surface area contributed by atoms with Crippen molar-refractivity contribution >= 4 is 0 Å². The van der Waals surface area contributed by atoms with Crippen molar-refractivity contribution in [3.63, 3.8) is 0 Å². The molecule has 0 radical (unpaired) electrons. The molecular formula is C15H18N2. The minimum absolute atomic E-state index is 0.591. The van der Waals surface area contributed by atoms with Crippen LogP contribution in [0.1, 0.15) is 11.1 Å². The summed E-state index contributed by atoms with van der Waals surface area (Å²) >= 11 is 0. The maximum Gasteiger partial charge on any atom is 0.0178 e. The van der Waals surface area contributed by atoms with Crippen LogP contribution in [0.25, 0.3) is 11.1 Å². The van der Waals surface area contributed by atoms with Gasteiger partial charge < -0.3 is 11.5 Å². The van der Waals surface area contributed by atoms with Gasteiger partial charge in [-0.2, -0.15) is 0 Å². The Labute approximate surface area is 102 Å². The second kappa shape index (κ2) is 5.62. The monoisotopic (exact) mass is 226 g/mol. The van der Waals surface area contributed by atoms with E-state index >= 15 is 0 Å². The van der Waals surface area contributed by atoms with Gasteiger partial charge in [-0.15, -0.1) is 0 Å². The molecule has 4 N–H and O–H groups in total. The molecule has 0 spiro atoms. The van der Waals surface area contributed by atoms with Crippen molar-refractivity contribution in [2.24, 2.45) is 11.5 Å². The minimum atomic E-state index is 0.591. The Morgan fingerprint density at radius 2 is 1.53 bits per heavy atom. The van der Waals surface area contributed by atoms with Gasteiger partial charge in [-0.05, 0) is 35.2 Å². The Morgan fingerprint density at radius 3 is 2.18 bits per heavy atom. The van der Waals surface area contributed by atoms with E-state index in [4.69, 9.17) is 11.5 Å². The van der Waals surface area contributed by atoms with Gasteiger partial charge in [0.05, 0.1) is 0 Å². The van der Waals surface area contributed by atoms with E-state index in [1.54, 1.807) is 0 Å².